The first-order chi connectivity index (χ1) is 12.7. The molecule has 5 heteroatoms. The first-order valence-electron chi connectivity index (χ1n) is 8.37. The molecule has 4 nitrogen and oxygen atoms in total. The Morgan fingerprint density at radius 3 is 2.73 bits per heavy atom. The quantitative estimate of drug-likeness (QED) is 0.469. The van der Waals surface area contributed by atoms with Gasteiger partial charge >= 0.3 is 5.97 Å². The van der Waals surface area contributed by atoms with Gasteiger partial charge in [0.25, 0.3) is 0 Å². The molecule has 26 heavy (non-hydrogen) atoms. The molecular weight excluding hydrogens is 348 g/mol. The summed E-state index contributed by atoms with van der Waals surface area (Å²) in [5.74, 6) is 0.153. The molecule has 0 saturated heterocycles. The van der Waals surface area contributed by atoms with E-state index in [9.17, 15) is 4.79 Å². The topological polar surface area (TPSA) is 44.1 Å². The standard InChI is InChI=1S/C21H19ClN2O2/c1-2-26-21(25)19(14-17-9-6-10-18(22)13-17)20-23-11-12-24(20)15-16-7-4-3-5-8-16/h3-14H,2,15H2,1H3/b19-14+. The molecule has 0 radical (unpaired) electrons. The van der Waals surface area contributed by atoms with Gasteiger partial charge in [-0.1, -0.05) is 54.1 Å². The third-order valence-electron chi connectivity index (χ3n) is 3.81. The lowest BCUT2D eigenvalue weighted by molar-refractivity contribution is -0.136. The Bertz CT molecular complexity index is 917. The molecule has 0 saturated carbocycles. The zero-order chi connectivity index (χ0) is 18.4. The number of ether oxygens (including phenoxy) is 1. The van der Waals surface area contributed by atoms with E-state index in [-0.39, 0.29) is 0 Å². The van der Waals surface area contributed by atoms with E-state index in [1.54, 1.807) is 31.3 Å². The van der Waals surface area contributed by atoms with E-state index in [4.69, 9.17) is 16.3 Å². The van der Waals surface area contributed by atoms with Crippen LogP contribution in [-0.2, 0) is 16.1 Å². The van der Waals surface area contributed by atoms with Crippen molar-refractivity contribution in [3.05, 3.63) is 89.0 Å². The SMILES string of the molecule is CCOC(=O)/C(=C/c1cccc(Cl)c1)c1nccn1Cc1ccccc1. The molecule has 0 aliphatic rings. The minimum atomic E-state index is -0.409. The number of esters is 1. The number of hydrogen-bond donors (Lipinski definition) is 0. The second kappa shape index (κ2) is 8.50. The number of aromatic nitrogens is 2. The summed E-state index contributed by atoms with van der Waals surface area (Å²) in [6.07, 6.45) is 5.30. The minimum absolute atomic E-state index is 0.297. The zero-order valence-corrected chi connectivity index (χ0v) is 15.2. The Kier molecular flexibility index (Phi) is 5.87. The normalized spacial score (nSPS) is 11.4. The van der Waals surface area contributed by atoms with Gasteiger partial charge in [0.05, 0.1) is 6.61 Å². The highest BCUT2D eigenvalue weighted by molar-refractivity contribution is 6.30. The van der Waals surface area contributed by atoms with Crippen LogP contribution >= 0.6 is 11.6 Å². The van der Waals surface area contributed by atoms with Gasteiger partial charge in [-0.25, -0.2) is 9.78 Å². The van der Waals surface area contributed by atoms with E-state index in [2.05, 4.69) is 4.98 Å². The number of carbonyl (C=O) groups excluding carboxylic acids is 1. The maximum Gasteiger partial charge on any atom is 0.341 e. The molecule has 1 heterocycles. The van der Waals surface area contributed by atoms with Crippen LogP contribution in [0, 0.1) is 0 Å². The summed E-state index contributed by atoms with van der Waals surface area (Å²) >= 11 is 6.07. The summed E-state index contributed by atoms with van der Waals surface area (Å²) in [7, 11) is 0. The smallest absolute Gasteiger partial charge is 0.341 e. The largest absolute Gasteiger partial charge is 0.462 e. The van der Waals surface area contributed by atoms with Gasteiger partial charge in [-0.2, -0.15) is 0 Å². The van der Waals surface area contributed by atoms with E-state index in [1.807, 2.05) is 53.2 Å². The fraction of sp³-hybridized carbons (Fsp3) is 0.143. The van der Waals surface area contributed by atoms with E-state index in [0.717, 1.165) is 11.1 Å². The monoisotopic (exact) mass is 366 g/mol. The number of rotatable bonds is 6. The van der Waals surface area contributed by atoms with Gasteiger partial charge in [-0.3, -0.25) is 0 Å². The van der Waals surface area contributed by atoms with Crippen LogP contribution in [0.3, 0.4) is 0 Å². The summed E-state index contributed by atoms with van der Waals surface area (Å²) in [6, 6.07) is 17.3. The van der Waals surface area contributed by atoms with Crippen LogP contribution in [0.5, 0.6) is 0 Å². The lowest BCUT2D eigenvalue weighted by Gasteiger charge is -2.11. The lowest BCUT2D eigenvalue weighted by Crippen LogP contribution is -2.12. The molecule has 1 aromatic heterocycles. The number of hydrogen-bond acceptors (Lipinski definition) is 3. The highest BCUT2D eigenvalue weighted by Gasteiger charge is 2.19. The molecule has 2 aromatic carbocycles. The molecule has 0 amide bonds. The average molecular weight is 367 g/mol. The van der Waals surface area contributed by atoms with Crippen LogP contribution < -0.4 is 0 Å². The Hall–Kier alpha value is -2.85. The fourth-order valence-corrected chi connectivity index (χ4v) is 2.85. The molecule has 3 aromatic rings. The first-order valence-corrected chi connectivity index (χ1v) is 8.75. The van der Waals surface area contributed by atoms with Crippen molar-refractivity contribution in [3.8, 4) is 0 Å². The van der Waals surface area contributed by atoms with Crippen molar-refractivity contribution in [2.75, 3.05) is 6.61 Å². The van der Waals surface area contributed by atoms with E-state index < -0.39 is 5.97 Å². The molecule has 0 N–H and O–H groups in total. The van der Waals surface area contributed by atoms with Gasteiger partial charge in [0.2, 0.25) is 0 Å². The Balaban J connectivity index is 2.00. The number of nitrogens with zero attached hydrogens (tertiary/aromatic N) is 2. The zero-order valence-electron chi connectivity index (χ0n) is 14.4. The molecule has 0 fully saturated rings. The molecule has 0 spiro atoms. The van der Waals surface area contributed by atoms with Crippen LogP contribution in [-0.4, -0.2) is 22.1 Å². The third-order valence-corrected chi connectivity index (χ3v) is 4.04. The van der Waals surface area contributed by atoms with E-state index in [1.165, 1.54) is 0 Å². The van der Waals surface area contributed by atoms with Crippen molar-refractivity contribution in [1.82, 2.24) is 9.55 Å². The molecule has 0 bridgehead atoms. The van der Waals surface area contributed by atoms with Gasteiger partial charge in [-0.15, -0.1) is 0 Å². The van der Waals surface area contributed by atoms with Crippen LogP contribution in [0.1, 0.15) is 23.9 Å². The van der Waals surface area contributed by atoms with Crippen LogP contribution in [0.25, 0.3) is 11.6 Å². The summed E-state index contributed by atoms with van der Waals surface area (Å²) in [4.78, 5) is 17.0. The highest BCUT2D eigenvalue weighted by atomic mass is 35.5. The second-order valence-electron chi connectivity index (χ2n) is 5.70. The molecule has 0 aliphatic carbocycles. The van der Waals surface area contributed by atoms with Crippen LogP contribution in [0.2, 0.25) is 5.02 Å². The van der Waals surface area contributed by atoms with E-state index >= 15 is 0 Å². The predicted molar refractivity (Wildman–Crippen MR) is 104 cm³/mol. The van der Waals surface area contributed by atoms with E-state index in [0.29, 0.717) is 29.6 Å². The molecule has 0 atom stereocenters. The number of halogens is 1. The number of carbonyl (C=O) groups is 1. The molecule has 0 aliphatic heterocycles. The summed E-state index contributed by atoms with van der Waals surface area (Å²) < 4.78 is 7.18. The molecule has 132 valence electrons. The first kappa shape index (κ1) is 18.0. The molecule has 3 rings (SSSR count). The second-order valence-corrected chi connectivity index (χ2v) is 6.13. The van der Waals surface area contributed by atoms with Crippen molar-refractivity contribution in [2.45, 2.75) is 13.5 Å². The Morgan fingerprint density at radius 2 is 2.00 bits per heavy atom. The fourth-order valence-electron chi connectivity index (χ4n) is 2.65. The summed E-state index contributed by atoms with van der Waals surface area (Å²) in [6.45, 7) is 2.69. The lowest BCUT2D eigenvalue weighted by atomic mass is 10.1. The Morgan fingerprint density at radius 1 is 1.19 bits per heavy atom. The van der Waals surface area contributed by atoms with Crippen molar-refractivity contribution >= 4 is 29.2 Å². The van der Waals surface area contributed by atoms with Crippen LogP contribution in [0.4, 0.5) is 0 Å². The summed E-state index contributed by atoms with van der Waals surface area (Å²) in [5.41, 5.74) is 2.34. The van der Waals surface area contributed by atoms with Crippen molar-refractivity contribution in [2.24, 2.45) is 0 Å². The van der Waals surface area contributed by atoms with Gasteiger partial charge < -0.3 is 9.30 Å². The third kappa shape index (κ3) is 4.41. The molecule has 0 unspecified atom stereocenters. The van der Waals surface area contributed by atoms with Crippen molar-refractivity contribution < 1.29 is 9.53 Å². The van der Waals surface area contributed by atoms with Gasteiger partial charge in [0, 0.05) is 24.0 Å². The molecular formula is C21H19ClN2O2. The Labute approximate surface area is 157 Å². The maximum atomic E-state index is 12.6. The van der Waals surface area contributed by atoms with Crippen LogP contribution in [0.15, 0.2) is 67.0 Å². The number of benzene rings is 2. The summed E-state index contributed by atoms with van der Waals surface area (Å²) in [5, 5.41) is 0.606. The minimum Gasteiger partial charge on any atom is -0.462 e. The van der Waals surface area contributed by atoms with Gasteiger partial charge in [0.15, 0.2) is 0 Å². The van der Waals surface area contributed by atoms with Gasteiger partial charge in [0.1, 0.15) is 11.4 Å². The van der Waals surface area contributed by atoms with Crippen molar-refractivity contribution in [3.63, 3.8) is 0 Å². The highest BCUT2D eigenvalue weighted by Crippen LogP contribution is 2.21. The maximum absolute atomic E-state index is 12.6. The predicted octanol–water partition coefficient (Wildman–Crippen LogP) is 4.69. The van der Waals surface area contributed by atoms with Gasteiger partial charge in [-0.05, 0) is 36.3 Å². The number of imidazole rings is 1. The van der Waals surface area contributed by atoms with Crippen molar-refractivity contribution in [1.29, 1.82) is 0 Å². The average Bonchev–Trinajstić information content (AvgIpc) is 3.08.